The Balaban J connectivity index is 3.10. The molecular weight excluding hydrogens is 132 g/mol. The summed E-state index contributed by atoms with van der Waals surface area (Å²) in [6, 6.07) is 1.47. The van der Waals surface area contributed by atoms with Gasteiger partial charge in [-0.25, -0.2) is 0 Å². The van der Waals surface area contributed by atoms with Gasteiger partial charge in [0.15, 0.2) is 0 Å². The van der Waals surface area contributed by atoms with Gasteiger partial charge in [0.1, 0.15) is 5.69 Å². The highest BCUT2D eigenvalue weighted by Crippen LogP contribution is 1.98. The third kappa shape index (κ3) is 1.00. The molecule has 4 nitrogen and oxygen atoms in total. The van der Waals surface area contributed by atoms with E-state index in [4.69, 9.17) is 0 Å². The van der Waals surface area contributed by atoms with E-state index in [0.29, 0.717) is 0 Å². The zero-order chi connectivity index (χ0) is 7.72. The van der Waals surface area contributed by atoms with Crippen LogP contribution in [0.3, 0.4) is 0 Å². The minimum Gasteiger partial charge on any atom is -0.543 e. The summed E-state index contributed by atoms with van der Waals surface area (Å²) in [6.07, 6.45) is 0. The van der Waals surface area contributed by atoms with Crippen molar-refractivity contribution >= 4 is 5.97 Å². The predicted molar refractivity (Wildman–Crippen MR) is 32.3 cm³/mol. The first kappa shape index (κ1) is 6.80. The summed E-state index contributed by atoms with van der Waals surface area (Å²) >= 11 is 0. The summed E-state index contributed by atoms with van der Waals surface area (Å²) in [5.74, 6) is -1.23. The normalized spacial score (nSPS) is 9.80. The third-order valence-corrected chi connectivity index (χ3v) is 1.32. The molecule has 0 aliphatic heterocycles. The monoisotopic (exact) mass is 139 g/mol. The number of nitrogens with zero attached hydrogens (tertiary/aromatic N) is 2. The van der Waals surface area contributed by atoms with Gasteiger partial charge in [-0.1, -0.05) is 0 Å². The number of carbonyl (C=O) groups excluding carboxylic acids is 1. The number of carbonyl (C=O) groups is 1. The topological polar surface area (TPSA) is 57.9 Å². The number of aromatic nitrogens is 2. The summed E-state index contributed by atoms with van der Waals surface area (Å²) in [5, 5.41) is 13.8. The number of carboxylic acids is 1. The van der Waals surface area contributed by atoms with Crippen LogP contribution in [0, 0.1) is 6.92 Å². The fourth-order valence-corrected chi connectivity index (χ4v) is 0.660. The smallest absolute Gasteiger partial charge is 0.108 e. The average molecular weight is 139 g/mol. The number of rotatable bonds is 1. The van der Waals surface area contributed by atoms with Crippen LogP contribution in [0.5, 0.6) is 0 Å². The van der Waals surface area contributed by atoms with Crippen molar-refractivity contribution in [2.24, 2.45) is 7.05 Å². The number of carboxylic acid groups (broad SMARTS) is 1. The van der Waals surface area contributed by atoms with Crippen molar-refractivity contribution in [1.82, 2.24) is 9.78 Å². The van der Waals surface area contributed by atoms with Crippen molar-refractivity contribution in [2.45, 2.75) is 6.92 Å². The molecule has 0 atom stereocenters. The van der Waals surface area contributed by atoms with Crippen molar-refractivity contribution in [1.29, 1.82) is 0 Å². The first-order valence-electron chi connectivity index (χ1n) is 2.83. The Hall–Kier alpha value is -1.32. The van der Waals surface area contributed by atoms with E-state index < -0.39 is 5.97 Å². The second kappa shape index (κ2) is 2.13. The van der Waals surface area contributed by atoms with E-state index in [0.717, 1.165) is 5.69 Å². The van der Waals surface area contributed by atoms with Crippen LogP contribution < -0.4 is 5.11 Å². The Labute approximate surface area is 58.1 Å². The number of aryl methyl sites for hydroxylation is 2. The highest BCUT2D eigenvalue weighted by molar-refractivity contribution is 5.83. The molecule has 54 valence electrons. The van der Waals surface area contributed by atoms with Crippen LogP contribution in [-0.2, 0) is 7.05 Å². The molecule has 0 saturated heterocycles. The summed E-state index contributed by atoms with van der Waals surface area (Å²) in [4.78, 5) is 10.2. The van der Waals surface area contributed by atoms with Gasteiger partial charge in [0.25, 0.3) is 0 Å². The molecule has 0 aliphatic carbocycles. The maximum atomic E-state index is 10.2. The minimum absolute atomic E-state index is 0.0139. The lowest BCUT2D eigenvalue weighted by Crippen LogP contribution is -2.22. The second-order valence-electron chi connectivity index (χ2n) is 2.08. The Morgan fingerprint density at radius 1 is 1.80 bits per heavy atom. The first-order chi connectivity index (χ1) is 4.61. The van der Waals surface area contributed by atoms with Crippen LogP contribution in [-0.4, -0.2) is 15.7 Å². The van der Waals surface area contributed by atoms with Crippen molar-refractivity contribution in [3.63, 3.8) is 0 Å². The van der Waals surface area contributed by atoms with Crippen LogP contribution in [0.25, 0.3) is 0 Å². The molecule has 1 aromatic heterocycles. The molecule has 0 bridgehead atoms. The molecule has 4 heteroatoms. The van der Waals surface area contributed by atoms with E-state index in [9.17, 15) is 9.90 Å². The van der Waals surface area contributed by atoms with Crippen LogP contribution in [0.1, 0.15) is 16.2 Å². The molecule has 0 radical (unpaired) electrons. The minimum atomic E-state index is -1.23. The summed E-state index contributed by atoms with van der Waals surface area (Å²) in [6.45, 7) is 1.78. The quantitative estimate of drug-likeness (QED) is 0.506. The van der Waals surface area contributed by atoms with Crippen LogP contribution >= 0.6 is 0 Å². The van der Waals surface area contributed by atoms with Gasteiger partial charge >= 0.3 is 0 Å². The fourth-order valence-electron chi connectivity index (χ4n) is 0.660. The Morgan fingerprint density at radius 2 is 2.40 bits per heavy atom. The van der Waals surface area contributed by atoms with Gasteiger partial charge in [0.2, 0.25) is 0 Å². The number of hydrogen-bond acceptors (Lipinski definition) is 3. The molecule has 1 aromatic rings. The Bertz CT molecular complexity index is 245. The molecule has 0 saturated carbocycles. The maximum absolute atomic E-state index is 10.2. The van der Waals surface area contributed by atoms with Crippen LogP contribution in [0.2, 0.25) is 0 Å². The van der Waals surface area contributed by atoms with Gasteiger partial charge in [-0.3, -0.25) is 4.68 Å². The van der Waals surface area contributed by atoms with Crippen LogP contribution in [0.15, 0.2) is 6.07 Å². The molecule has 1 rings (SSSR count). The highest BCUT2D eigenvalue weighted by Gasteiger charge is 1.99. The van der Waals surface area contributed by atoms with E-state index >= 15 is 0 Å². The number of aromatic carboxylic acids is 1. The van der Waals surface area contributed by atoms with E-state index in [1.165, 1.54) is 10.7 Å². The van der Waals surface area contributed by atoms with E-state index in [2.05, 4.69) is 5.10 Å². The lowest BCUT2D eigenvalue weighted by Gasteiger charge is -1.92. The van der Waals surface area contributed by atoms with E-state index in [-0.39, 0.29) is 5.69 Å². The zero-order valence-corrected chi connectivity index (χ0v) is 5.79. The van der Waals surface area contributed by atoms with Crippen molar-refractivity contribution in [3.8, 4) is 0 Å². The molecule has 0 amide bonds. The van der Waals surface area contributed by atoms with Crippen molar-refractivity contribution in [3.05, 3.63) is 17.5 Å². The molecular formula is C6H7N2O2-. The van der Waals surface area contributed by atoms with Gasteiger partial charge in [0, 0.05) is 12.7 Å². The maximum Gasteiger partial charge on any atom is 0.108 e. The van der Waals surface area contributed by atoms with Gasteiger partial charge < -0.3 is 9.90 Å². The van der Waals surface area contributed by atoms with Gasteiger partial charge in [0.05, 0.1) is 5.97 Å². The molecule has 0 N–H and O–H groups in total. The lowest BCUT2D eigenvalue weighted by molar-refractivity contribution is -0.255. The molecule has 0 fully saturated rings. The van der Waals surface area contributed by atoms with E-state index in [1.54, 1.807) is 14.0 Å². The van der Waals surface area contributed by atoms with Gasteiger partial charge in [-0.15, -0.1) is 0 Å². The Morgan fingerprint density at radius 3 is 2.60 bits per heavy atom. The molecule has 0 spiro atoms. The predicted octanol–water partition coefficient (Wildman–Crippen LogP) is -0.908. The molecule has 0 unspecified atom stereocenters. The van der Waals surface area contributed by atoms with Crippen molar-refractivity contribution in [2.75, 3.05) is 0 Å². The SMILES string of the molecule is Cc1cc(C(=O)[O-])nn1C. The second-order valence-corrected chi connectivity index (χ2v) is 2.08. The van der Waals surface area contributed by atoms with Gasteiger partial charge in [-0.2, -0.15) is 5.10 Å². The lowest BCUT2D eigenvalue weighted by atomic mass is 10.4. The molecule has 1 heterocycles. The first-order valence-corrected chi connectivity index (χ1v) is 2.83. The zero-order valence-electron chi connectivity index (χ0n) is 5.79. The van der Waals surface area contributed by atoms with Crippen LogP contribution in [0.4, 0.5) is 0 Å². The van der Waals surface area contributed by atoms with Crippen molar-refractivity contribution < 1.29 is 9.90 Å². The molecule has 0 aliphatic rings. The number of hydrogen-bond donors (Lipinski definition) is 0. The highest BCUT2D eigenvalue weighted by atomic mass is 16.4. The summed E-state index contributed by atoms with van der Waals surface area (Å²) in [7, 11) is 1.68. The standard InChI is InChI=1S/C6H8N2O2/c1-4-3-5(6(9)10)7-8(4)2/h3H,1-2H3,(H,9,10)/p-1. The fraction of sp³-hybridized carbons (Fsp3) is 0.333. The largest absolute Gasteiger partial charge is 0.543 e. The van der Waals surface area contributed by atoms with Gasteiger partial charge in [-0.05, 0) is 13.0 Å². The summed E-state index contributed by atoms with van der Waals surface area (Å²) < 4.78 is 1.49. The summed E-state index contributed by atoms with van der Waals surface area (Å²) in [5.41, 5.74) is 0.791. The third-order valence-electron chi connectivity index (χ3n) is 1.32. The van der Waals surface area contributed by atoms with E-state index in [1.807, 2.05) is 0 Å². The average Bonchev–Trinajstić information content (AvgIpc) is 2.13. The molecule has 0 aromatic carbocycles. The molecule has 10 heavy (non-hydrogen) atoms. The Kier molecular flexibility index (Phi) is 1.45.